The van der Waals surface area contributed by atoms with Crippen LogP contribution in [0.15, 0.2) is 18.2 Å². The smallest absolute Gasteiger partial charge is 0.251 e. The highest BCUT2D eigenvalue weighted by molar-refractivity contribution is 6.18. The summed E-state index contributed by atoms with van der Waals surface area (Å²) in [5.74, 6) is 0.526. The zero-order valence-corrected chi connectivity index (χ0v) is 13.0. The Morgan fingerprint density at radius 1 is 1.35 bits per heavy atom. The molecule has 0 aromatic heterocycles. The van der Waals surface area contributed by atoms with E-state index in [-0.39, 0.29) is 11.8 Å². The predicted octanol–water partition coefficient (Wildman–Crippen LogP) is 2.39. The van der Waals surface area contributed by atoms with E-state index >= 15 is 0 Å². The van der Waals surface area contributed by atoms with Crippen molar-refractivity contribution in [3.05, 3.63) is 29.3 Å². The Hall–Kier alpha value is -1.26. The summed E-state index contributed by atoms with van der Waals surface area (Å²) in [5, 5.41) is 15.5. The monoisotopic (exact) mass is 298 g/mol. The molecule has 1 aromatic rings. The molecule has 0 aliphatic carbocycles. The van der Waals surface area contributed by atoms with Crippen molar-refractivity contribution in [2.75, 3.05) is 24.3 Å². The van der Waals surface area contributed by atoms with Crippen molar-refractivity contribution in [1.29, 1.82) is 0 Å². The van der Waals surface area contributed by atoms with Gasteiger partial charge in [0.05, 0.1) is 12.0 Å². The molecule has 4 nitrogen and oxygen atoms in total. The molecule has 1 unspecified atom stereocenters. The Balaban J connectivity index is 2.76. The molecule has 3 N–H and O–H groups in total. The first kappa shape index (κ1) is 16.8. The summed E-state index contributed by atoms with van der Waals surface area (Å²) >= 11 is 5.56. The van der Waals surface area contributed by atoms with Gasteiger partial charge < -0.3 is 15.7 Å². The second kappa shape index (κ2) is 8.12. The highest BCUT2D eigenvalue weighted by Crippen LogP contribution is 2.19. The van der Waals surface area contributed by atoms with Crippen LogP contribution in [0.4, 0.5) is 5.69 Å². The topological polar surface area (TPSA) is 61.4 Å². The quantitative estimate of drug-likeness (QED) is 0.677. The van der Waals surface area contributed by atoms with Gasteiger partial charge in [-0.05, 0) is 30.5 Å². The molecule has 20 heavy (non-hydrogen) atoms. The first-order chi connectivity index (χ1) is 9.45. The highest BCUT2D eigenvalue weighted by atomic mass is 35.5. The molecule has 0 heterocycles. The van der Waals surface area contributed by atoms with Gasteiger partial charge in [0.1, 0.15) is 0 Å². The second-order valence-electron chi connectivity index (χ2n) is 5.27. The number of anilines is 1. The lowest BCUT2D eigenvalue weighted by atomic mass is 10.1. The minimum absolute atomic E-state index is 0.0715. The molecule has 0 spiro atoms. The van der Waals surface area contributed by atoms with E-state index in [4.69, 9.17) is 11.6 Å². The van der Waals surface area contributed by atoms with E-state index in [0.717, 1.165) is 11.3 Å². The SMILES string of the molecule is Cc1c(NCC(O)CCl)cccc1C(=O)NCC(C)C. The van der Waals surface area contributed by atoms with Crippen molar-refractivity contribution in [1.82, 2.24) is 5.32 Å². The number of hydrogen-bond donors (Lipinski definition) is 3. The summed E-state index contributed by atoms with van der Waals surface area (Å²) in [4.78, 5) is 12.1. The van der Waals surface area contributed by atoms with Crippen LogP contribution in [0.1, 0.15) is 29.8 Å². The Labute approximate surface area is 125 Å². The van der Waals surface area contributed by atoms with Gasteiger partial charge in [-0.1, -0.05) is 19.9 Å². The molecule has 0 fully saturated rings. The average Bonchev–Trinajstić information content (AvgIpc) is 2.43. The lowest BCUT2D eigenvalue weighted by Gasteiger charge is -2.15. The fraction of sp³-hybridized carbons (Fsp3) is 0.533. The van der Waals surface area contributed by atoms with Gasteiger partial charge in [0.25, 0.3) is 5.91 Å². The first-order valence-electron chi connectivity index (χ1n) is 6.81. The molecule has 1 aromatic carbocycles. The molecule has 0 aliphatic heterocycles. The van der Waals surface area contributed by atoms with E-state index < -0.39 is 6.10 Å². The Kier molecular flexibility index (Phi) is 6.82. The number of hydrogen-bond acceptors (Lipinski definition) is 3. The predicted molar refractivity (Wildman–Crippen MR) is 83.6 cm³/mol. The molecule has 1 rings (SSSR count). The third-order valence-electron chi connectivity index (χ3n) is 2.96. The summed E-state index contributed by atoms with van der Waals surface area (Å²) in [7, 11) is 0. The summed E-state index contributed by atoms with van der Waals surface area (Å²) in [6.07, 6.45) is -0.602. The molecule has 112 valence electrons. The third-order valence-corrected chi connectivity index (χ3v) is 3.31. The number of aliphatic hydroxyl groups is 1. The maximum Gasteiger partial charge on any atom is 0.251 e. The van der Waals surface area contributed by atoms with Gasteiger partial charge in [-0.15, -0.1) is 11.6 Å². The zero-order chi connectivity index (χ0) is 15.1. The normalized spacial score (nSPS) is 12.3. The van der Waals surface area contributed by atoms with Gasteiger partial charge in [0.15, 0.2) is 0 Å². The van der Waals surface area contributed by atoms with Crippen LogP contribution < -0.4 is 10.6 Å². The van der Waals surface area contributed by atoms with E-state index in [1.807, 2.05) is 19.1 Å². The molecule has 0 aliphatic rings. The van der Waals surface area contributed by atoms with Crippen LogP contribution >= 0.6 is 11.6 Å². The number of carbonyl (C=O) groups excluding carboxylic acids is 1. The zero-order valence-electron chi connectivity index (χ0n) is 12.2. The maximum absolute atomic E-state index is 12.1. The van der Waals surface area contributed by atoms with Gasteiger partial charge in [-0.3, -0.25) is 4.79 Å². The minimum atomic E-state index is -0.602. The third kappa shape index (κ3) is 5.02. The van der Waals surface area contributed by atoms with Gasteiger partial charge >= 0.3 is 0 Å². The maximum atomic E-state index is 12.1. The number of amides is 1. The number of nitrogens with one attached hydrogen (secondary N) is 2. The largest absolute Gasteiger partial charge is 0.390 e. The molecule has 1 amide bonds. The number of alkyl halides is 1. The van der Waals surface area contributed by atoms with E-state index in [1.54, 1.807) is 6.07 Å². The summed E-state index contributed by atoms with van der Waals surface area (Å²) < 4.78 is 0. The van der Waals surface area contributed by atoms with Crippen LogP contribution in [0.3, 0.4) is 0 Å². The van der Waals surface area contributed by atoms with Crippen molar-refractivity contribution >= 4 is 23.2 Å². The Bertz CT molecular complexity index is 449. The summed E-state index contributed by atoms with van der Waals surface area (Å²) in [5.41, 5.74) is 2.36. The molecular formula is C15H23ClN2O2. The Morgan fingerprint density at radius 3 is 2.65 bits per heavy atom. The lowest BCUT2D eigenvalue weighted by Crippen LogP contribution is -2.28. The van der Waals surface area contributed by atoms with Crippen molar-refractivity contribution in [3.63, 3.8) is 0 Å². The van der Waals surface area contributed by atoms with Crippen LogP contribution in [-0.2, 0) is 0 Å². The van der Waals surface area contributed by atoms with E-state index in [1.165, 1.54) is 0 Å². The van der Waals surface area contributed by atoms with Crippen LogP contribution in [-0.4, -0.2) is 36.1 Å². The summed E-state index contributed by atoms with van der Waals surface area (Å²) in [6, 6.07) is 5.51. The van der Waals surface area contributed by atoms with Crippen LogP contribution in [0.25, 0.3) is 0 Å². The fourth-order valence-corrected chi connectivity index (χ4v) is 1.86. The van der Waals surface area contributed by atoms with Crippen molar-refractivity contribution in [3.8, 4) is 0 Å². The van der Waals surface area contributed by atoms with Crippen LogP contribution in [0.2, 0.25) is 0 Å². The van der Waals surface area contributed by atoms with Gasteiger partial charge in [-0.2, -0.15) is 0 Å². The molecular weight excluding hydrogens is 276 g/mol. The van der Waals surface area contributed by atoms with Crippen LogP contribution in [0.5, 0.6) is 0 Å². The number of carbonyl (C=O) groups is 1. The van der Waals surface area contributed by atoms with Gasteiger partial charge in [-0.25, -0.2) is 0 Å². The van der Waals surface area contributed by atoms with E-state index in [2.05, 4.69) is 24.5 Å². The van der Waals surface area contributed by atoms with Crippen molar-refractivity contribution in [2.24, 2.45) is 5.92 Å². The lowest BCUT2D eigenvalue weighted by molar-refractivity contribution is 0.0948. The standard InChI is InChI=1S/C15H23ClN2O2/c1-10(2)8-18-15(20)13-5-4-6-14(11(13)3)17-9-12(19)7-16/h4-6,10,12,17,19H,7-9H2,1-3H3,(H,18,20). The second-order valence-corrected chi connectivity index (χ2v) is 5.58. The Morgan fingerprint density at radius 2 is 2.05 bits per heavy atom. The van der Waals surface area contributed by atoms with E-state index in [9.17, 15) is 9.90 Å². The first-order valence-corrected chi connectivity index (χ1v) is 7.34. The average molecular weight is 299 g/mol. The number of halogens is 1. The van der Waals surface area contributed by atoms with Crippen molar-refractivity contribution in [2.45, 2.75) is 26.9 Å². The van der Waals surface area contributed by atoms with Gasteiger partial charge in [0.2, 0.25) is 0 Å². The van der Waals surface area contributed by atoms with Crippen LogP contribution in [0, 0.1) is 12.8 Å². The molecule has 5 heteroatoms. The minimum Gasteiger partial charge on any atom is -0.390 e. The van der Waals surface area contributed by atoms with Gasteiger partial charge in [0, 0.05) is 24.3 Å². The summed E-state index contributed by atoms with van der Waals surface area (Å²) in [6.45, 7) is 7.01. The highest BCUT2D eigenvalue weighted by Gasteiger charge is 2.12. The fourth-order valence-electron chi connectivity index (χ4n) is 1.75. The molecule has 0 saturated carbocycles. The molecule has 0 bridgehead atoms. The van der Waals surface area contributed by atoms with E-state index in [0.29, 0.717) is 24.6 Å². The molecule has 1 atom stereocenters. The van der Waals surface area contributed by atoms with Crippen molar-refractivity contribution < 1.29 is 9.90 Å². The molecule has 0 radical (unpaired) electrons. The number of rotatable bonds is 7. The molecule has 0 saturated heterocycles. The number of aliphatic hydroxyl groups excluding tert-OH is 1. The number of benzene rings is 1.